The second kappa shape index (κ2) is 5.91. The Kier molecular flexibility index (Phi) is 4.50. The van der Waals surface area contributed by atoms with Gasteiger partial charge in [-0.05, 0) is 24.3 Å². The van der Waals surface area contributed by atoms with Crippen molar-refractivity contribution in [2.24, 2.45) is 0 Å². The molecule has 0 aliphatic carbocycles. The highest BCUT2D eigenvalue weighted by atomic mass is 32.3. The standard InChI is InChI=1S/C11H7F3N2O7S2/c12-11(13,14)25(22,23)16(19)24(20,21)8-3-1-7(2-4-8)15-9(17)5-6-10(15)18/h1-6,19H. The molecule has 1 heterocycles. The summed E-state index contributed by atoms with van der Waals surface area (Å²) < 4.78 is 80.9. The van der Waals surface area contributed by atoms with E-state index in [0.29, 0.717) is 17.0 Å². The average molecular weight is 400 g/mol. The van der Waals surface area contributed by atoms with Gasteiger partial charge in [-0.3, -0.25) is 14.8 Å². The van der Waals surface area contributed by atoms with Crippen molar-refractivity contribution >= 4 is 37.5 Å². The molecule has 0 aromatic heterocycles. The molecular formula is C11H7F3N2O7S2. The molecule has 1 aliphatic rings. The molecule has 14 heteroatoms. The molecule has 1 N–H and O–H groups in total. The fraction of sp³-hybridized carbons (Fsp3) is 0.0909. The lowest BCUT2D eigenvalue weighted by atomic mass is 10.3. The highest BCUT2D eigenvalue weighted by Crippen LogP contribution is 2.30. The normalized spacial score (nSPS) is 16.1. The zero-order valence-electron chi connectivity index (χ0n) is 11.7. The molecule has 1 aromatic carbocycles. The number of rotatable bonds is 4. The molecule has 0 saturated heterocycles. The molecule has 0 spiro atoms. The Morgan fingerprint density at radius 2 is 1.36 bits per heavy atom. The van der Waals surface area contributed by atoms with Gasteiger partial charge in [0.05, 0.1) is 10.6 Å². The minimum atomic E-state index is -6.55. The highest BCUT2D eigenvalue weighted by molar-refractivity contribution is 8.04. The summed E-state index contributed by atoms with van der Waals surface area (Å²) in [5.41, 5.74) is -6.16. The predicted molar refractivity (Wildman–Crippen MR) is 73.9 cm³/mol. The summed E-state index contributed by atoms with van der Waals surface area (Å²) in [6.45, 7) is 0. The Balaban J connectivity index is 2.39. The van der Waals surface area contributed by atoms with Gasteiger partial charge in [-0.25, -0.2) is 13.3 Å². The van der Waals surface area contributed by atoms with E-state index < -0.39 is 46.1 Å². The van der Waals surface area contributed by atoms with Crippen LogP contribution in [-0.2, 0) is 29.6 Å². The van der Waals surface area contributed by atoms with Gasteiger partial charge < -0.3 is 0 Å². The summed E-state index contributed by atoms with van der Waals surface area (Å²) in [5, 5.41) is 9.07. The molecule has 2 amide bonds. The molecule has 0 fully saturated rings. The van der Waals surface area contributed by atoms with E-state index in [1.165, 1.54) is 0 Å². The van der Waals surface area contributed by atoms with Crippen molar-refractivity contribution in [1.29, 1.82) is 0 Å². The topological polar surface area (TPSA) is 129 Å². The first kappa shape index (κ1) is 19.0. The monoisotopic (exact) mass is 400 g/mol. The number of carbonyl (C=O) groups is 2. The maximum atomic E-state index is 12.3. The number of anilines is 1. The number of alkyl halides is 3. The number of sulfonamides is 2. The Labute approximate surface area is 138 Å². The third-order valence-electron chi connectivity index (χ3n) is 2.91. The maximum absolute atomic E-state index is 12.3. The van der Waals surface area contributed by atoms with Crippen LogP contribution in [0.15, 0.2) is 41.3 Å². The van der Waals surface area contributed by atoms with Gasteiger partial charge in [0.15, 0.2) is 0 Å². The third kappa shape index (κ3) is 3.15. The van der Waals surface area contributed by atoms with Gasteiger partial charge >= 0.3 is 15.5 Å². The molecule has 0 unspecified atom stereocenters. The zero-order valence-corrected chi connectivity index (χ0v) is 13.3. The van der Waals surface area contributed by atoms with Crippen molar-refractivity contribution in [3.05, 3.63) is 36.4 Å². The molecule has 1 aliphatic heterocycles. The van der Waals surface area contributed by atoms with Gasteiger partial charge in [0.2, 0.25) is 0 Å². The zero-order chi connectivity index (χ0) is 19.2. The van der Waals surface area contributed by atoms with Crippen molar-refractivity contribution in [3.63, 3.8) is 0 Å². The summed E-state index contributed by atoms with van der Waals surface area (Å²) >= 11 is 0. The highest BCUT2D eigenvalue weighted by Gasteiger charge is 2.54. The fourth-order valence-electron chi connectivity index (χ4n) is 1.73. The van der Waals surface area contributed by atoms with Crippen LogP contribution in [0.25, 0.3) is 0 Å². The Bertz CT molecular complexity index is 948. The fourth-order valence-corrected chi connectivity index (χ4v) is 4.11. The van der Waals surface area contributed by atoms with Crippen LogP contribution >= 0.6 is 0 Å². The van der Waals surface area contributed by atoms with Gasteiger partial charge in [-0.15, -0.1) is 0 Å². The Hall–Kier alpha value is -2.29. The number of imide groups is 1. The number of amides is 2. The van der Waals surface area contributed by atoms with Crippen LogP contribution in [0.1, 0.15) is 0 Å². The van der Waals surface area contributed by atoms with E-state index in [-0.39, 0.29) is 5.69 Å². The first-order valence-corrected chi connectivity index (χ1v) is 8.90. The summed E-state index contributed by atoms with van der Waals surface area (Å²) in [5.74, 6) is -1.46. The van der Waals surface area contributed by atoms with Crippen molar-refractivity contribution in [2.45, 2.75) is 10.4 Å². The van der Waals surface area contributed by atoms with E-state index in [2.05, 4.69) is 0 Å². The first-order chi connectivity index (χ1) is 11.3. The van der Waals surface area contributed by atoms with Crippen molar-refractivity contribution < 1.29 is 44.8 Å². The second-order valence-electron chi connectivity index (χ2n) is 4.47. The van der Waals surface area contributed by atoms with Crippen LogP contribution in [0.3, 0.4) is 0 Å². The summed E-state index contributed by atoms with van der Waals surface area (Å²) in [6.07, 6.45) is 1.89. The van der Waals surface area contributed by atoms with E-state index >= 15 is 0 Å². The van der Waals surface area contributed by atoms with Crippen LogP contribution in [0, 0.1) is 0 Å². The minimum absolute atomic E-state index is 0.109. The Morgan fingerprint density at radius 3 is 1.76 bits per heavy atom. The molecule has 0 saturated carbocycles. The van der Waals surface area contributed by atoms with Crippen LogP contribution in [-0.4, -0.2) is 43.2 Å². The molecule has 1 aromatic rings. The summed E-state index contributed by atoms with van der Waals surface area (Å²) in [4.78, 5) is 22.6. The quantitative estimate of drug-likeness (QED) is 0.570. The second-order valence-corrected chi connectivity index (χ2v) is 8.23. The van der Waals surface area contributed by atoms with Gasteiger partial charge in [0.25, 0.3) is 21.8 Å². The van der Waals surface area contributed by atoms with Crippen molar-refractivity contribution in [2.75, 3.05) is 4.90 Å². The molecule has 25 heavy (non-hydrogen) atoms. The van der Waals surface area contributed by atoms with Crippen molar-refractivity contribution in [3.8, 4) is 0 Å². The van der Waals surface area contributed by atoms with Crippen LogP contribution in [0.5, 0.6) is 0 Å². The van der Waals surface area contributed by atoms with Gasteiger partial charge in [0.1, 0.15) is 0 Å². The van der Waals surface area contributed by atoms with E-state index in [9.17, 15) is 39.6 Å². The van der Waals surface area contributed by atoms with Gasteiger partial charge in [0, 0.05) is 16.0 Å². The summed E-state index contributed by atoms with van der Waals surface area (Å²) in [6, 6.07) is 3.00. The lowest BCUT2D eigenvalue weighted by Crippen LogP contribution is -2.42. The average Bonchev–Trinajstić information content (AvgIpc) is 2.84. The lowest BCUT2D eigenvalue weighted by molar-refractivity contribution is -0.120. The third-order valence-corrected chi connectivity index (χ3v) is 6.36. The lowest BCUT2D eigenvalue weighted by Gasteiger charge is -2.18. The summed E-state index contributed by atoms with van der Waals surface area (Å²) in [7, 11) is -12.0. The molecule has 0 bridgehead atoms. The number of halogens is 3. The van der Waals surface area contributed by atoms with E-state index in [1.807, 2.05) is 0 Å². The van der Waals surface area contributed by atoms with Crippen LogP contribution in [0.2, 0.25) is 0 Å². The number of hydrogen-bond acceptors (Lipinski definition) is 7. The Morgan fingerprint density at radius 1 is 0.920 bits per heavy atom. The maximum Gasteiger partial charge on any atom is 0.514 e. The number of benzene rings is 1. The largest absolute Gasteiger partial charge is 0.514 e. The number of carbonyl (C=O) groups excluding carboxylic acids is 2. The molecule has 0 atom stereocenters. The smallest absolute Gasteiger partial charge is 0.285 e. The van der Waals surface area contributed by atoms with Crippen LogP contribution in [0.4, 0.5) is 18.9 Å². The van der Waals surface area contributed by atoms with E-state index in [0.717, 1.165) is 24.3 Å². The number of hydrogen-bond donors (Lipinski definition) is 1. The van der Waals surface area contributed by atoms with E-state index in [1.54, 1.807) is 0 Å². The SMILES string of the molecule is O=C1C=CC(=O)N1c1ccc(S(=O)(=O)N(O)S(=O)(=O)C(F)(F)F)cc1. The number of nitrogens with zero attached hydrogens (tertiary/aromatic N) is 2. The minimum Gasteiger partial charge on any atom is -0.285 e. The van der Waals surface area contributed by atoms with Crippen molar-refractivity contribution in [1.82, 2.24) is 3.87 Å². The molecule has 0 radical (unpaired) electrons. The molecule has 9 nitrogen and oxygen atoms in total. The molecule has 2 rings (SSSR count). The van der Waals surface area contributed by atoms with E-state index in [4.69, 9.17) is 5.21 Å². The first-order valence-electron chi connectivity index (χ1n) is 6.02. The van der Waals surface area contributed by atoms with Gasteiger partial charge in [-0.2, -0.15) is 21.6 Å². The predicted octanol–water partition coefficient (Wildman–Crippen LogP) is 0.346. The molecular weight excluding hydrogens is 393 g/mol. The van der Waals surface area contributed by atoms with Crippen LogP contribution < -0.4 is 4.90 Å². The van der Waals surface area contributed by atoms with Gasteiger partial charge in [-0.1, -0.05) is 0 Å². The molecule has 136 valence electrons.